The van der Waals surface area contributed by atoms with E-state index in [-0.39, 0.29) is 18.3 Å². The minimum atomic E-state index is -0.759. The lowest BCUT2D eigenvalue weighted by Crippen LogP contribution is -2.44. The maximum atomic E-state index is 12.4. The molecule has 2 aromatic rings. The molecule has 0 saturated carbocycles. The van der Waals surface area contributed by atoms with E-state index in [1.54, 1.807) is 5.38 Å². The molecule has 0 fully saturated rings. The molecule has 0 aliphatic carbocycles. The average Bonchev–Trinajstić information content (AvgIpc) is 3.33. The van der Waals surface area contributed by atoms with Crippen molar-refractivity contribution in [1.29, 1.82) is 0 Å². The standard InChI is InChI=1S/C23H34N6O4S/c24-12-6-4-11-18(20(26)30)28-21(31)19-15-34-22(29-19)17(25)10-5-7-13-27-23(32)33-14-16-8-2-1-3-9-16/h1-3,8-9,15,17-18H,4-7,10-14,24-25H2,(H2,26,30)(H,27,32)(H,28,31). The lowest BCUT2D eigenvalue weighted by atomic mass is 10.1. The van der Waals surface area contributed by atoms with Crippen LogP contribution in [0.3, 0.4) is 0 Å². The lowest BCUT2D eigenvalue weighted by Gasteiger charge is -2.14. The minimum absolute atomic E-state index is 0.211. The fourth-order valence-corrected chi connectivity index (χ4v) is 3.99. The number of alkyl carbamates (subject to hydrolysis) is 1. The molecule has 2 atom stereocenters. The highest BCUT2D eigenvalue weighted by atomic mass is 32.1. The molecule has 0 radical (unpaired) electrons. The zero-order chi connectivity index (χ0) is 24.8. The molecule has 0 aliphatic rings. The third-order valence-electron chi connectivity index (χ3n) is 5.09. The van der Waals surface area contributed by atoms with E-state index in [0.29, 0.717) is 37.4 Å². The number of rotatable bonds is 15. The Bertz CT molecular complexity index is 908. The van der Waals surface area contributed by atoms with Crippen molar-refractivity contribution in [2.75, 3.05) is 13.1 Å². The number of carbonyl (C=O) groups excluding carboxylic acids is 3. The summed E-state index contributed by atoms with van der Waals surface area (Å²) >= 11 is 1.30. The van der Waals surface area contributed by atoms with Gasteiger partial charge in [-0.15, -0.1) is 11.3 Å². The van der Waals surface area contributed by atoms with Crippen LogP contribution in [0.4, 0.5) is 4.79 Å². The predicted molar refractivity (Wildman–Crippen MR) is 131 cm³/mol. The number of hydrogen-bond donors (Lipinski definition) is 5. The summed E-state index contributed by atoms with van der Waals surface area (Å²) in [4.78, 5) is 40.1. The molecule has 3 amide bonds. The van der Waals surface area contributed by atoms with Gasteiger partial charge in [-0.1, -0.05) is 30.3 Å². The smallest absolute Gasteiger partial charge is 0.407 e. The van der Waals surface area contributed by atoms with Crippen LogP contribution < -0.4 is 27.8 Å². The van der Waals surface area contributed by atoms with Gasteiger partial charge in [0.05, 0.1) is 6.04 Å². The molecule has 186 valence electrons. The monoisotopic (exact) mass is 490 g/mol. The van der Waals surface area contributed by atoms with Crippen LogP contribution in [0.5, 0.6) is 0 Å². The van der Waals surface area contributed by atoms with Gasteiger partial charge in [0, 0.05) is 11.9 Å². The Morgan fingerprint density at radius 2 is 1.79 bits per heavy atom. The molecule has 0 spiro atoms. The van der Waals surface area contributed by atoms with Gasteiger partial charge in [0.25, 0.3) is 5.91 Å². The average molecular weight is 491 g/mol. The summed E-state index contributed by atoms with van der Waals surface area (Å²) in [5.41, 5.74) is 18.2. The van der Waals surface area contributed by atoms with E-state index in [4.69, 9.17) is 21.9 Å². The number of benzene rings is 1. The summed E-state index contributed by atoms with van der Waals surface area (Å²) in [7, 11) is 0. The number of hydrogen-bond acceptors (Lipinski definition) is 8. The summed E-state index contributed by atoms with van der Waals surface area (Å²) in [6, 6.07) is 8.38. The molecule has 0 saturated heterocycles. The van der Waals surface area contributed by atoms with Crippen LogP contribution in [0.1, 0.15) is 65.6 Å². The van der Waals surface area contributed by atoms with Crippen molar-refractivity contribution < 1.29 is 19.1 Å². The maximum absolute atomic E-state index is 12.4. The largest absolute Gasteiger partial charge is 0.445 e. The number of nitrogens with zero attached hydrogens (tertiary/aromatic N) is 1. The Morgan fingerprint density at radius 3 is 2.50 bits per heavy atom. The van der Waals surface area contributed by atoms with Crippen LogP contribution in [0, 0.1) is 0 Å². The van der Waals surface area contributed by atoms with Crippen molar-refractivity contribution in [3.63, 3.8) is 0 Å². The molecule has 0 aliphatic heterocycles. The topological polar surface area (TPSA) is 175 Å². The third-order valence-corrected chi connectivity index (χ3v) is 6.07. The lowest BCUT2D eigenvalue weighted by molar-refractivity contribution is -0.120. The highest BCUT2D eigenvalue weighted by Crippen LogP contribution is 2.21. The Balaban J connectivity index is 1.67. The van der Waals surface area contributed by atoms with Gasteiger partial charge in [-0.3, -0.25) is 9.59 Å². The molecule has 2 unspecified atom stereocenters. The number of primary amides is 1. The Morgan fingerprint density at radius 1 is 1.06 bits per heavy atom. The maximum Gasteiger partial charge on any atom is 0.407 e. The second kappa shape index (κ2) is 15.0. The van der Waals surface area contributed by atoms with Gasteiger partial charge in [0.1, 0.15) is 23.4 Å². The Hall–Kier alpha value is -3.02. The van der Waals surface area contributed by atoms with E-state index < -0.39 is 23.9 Å². The third kappa shape index (κ3) is 9.86. The van der Waals surface area contributed by atoms with Gasteiger partial charge in [0.15, 0.2) is 0 Å². The van der Waals surface area contributed by atoms with E-state index in [1.807, 2.05) is 30.3 Å². The van der Waals surface area contributed by atoms with Crippen molar-refractivity contribution >= 4 is 29.2 Å². The minimum Gasteiger partial charge on any atom is -0.445 e. The number of nitrogens with one attached hydrogen (secondary N) is 2. The molecule has 34 heavy (non-hydrogen) atoms. The van der Waals surface area contributed by atoms with Gasteiger partial charge in [-0.05, 0) is 50.6 Å². The zero-order valence-electron chi connectivity index (χ0n) is 19.2. The van der Waals surface area contributed by atoms with E-state index in [0.717, 1.165) is 24.8 Å². The first-order valence-electron chi connectivity index (χ1n) is 11.4. The van der Waals surface area contributed by atoms with Gasteiger partial charge >= 0.3 is 6.09 Å². The van der Waals surface area contributed by atoms with Crippen molar-refractivity contribution in [1.82, 2.24) is 15.6 Å². The second-order valence-electron chi connectivity index (χ2n) is 7.87. The predicted octanol–water partition coefficient (Wildman–Crippen LogP) is 1.95. The van der Waals surface area contributed by atoms with Gasteiger partial charge in [0.2, 0.25) is 5.91 Å². The molecule has 0 bridgehead atoms. The van der Waals surface area contributed by atoms with Gasteiger partial charge < -0.3 is 32.6 Å². The number of carbonyl (C=O) groups is 3. The summed E-state index contributed by atoms with van der Waals surface area (Å²) in [5.74, 6) is -1.04. The summed E-state index contributed by atoms with van der Waals surface area (Å²) < 4.78 is 5.16. The van der Waals surface area contributed by atoms with Crippen molar-refractivity contribution in [3.8, 4) is 0 Å². The van der Waals surface area contributed by atoms with Crippen molar-refractivity contribution in [2.45, 2.75) is 57.2 Å². The fourth-order valence-electron chi connectivity index (χ4n) is 3.15. The zero-order valence-corrected chi connectivity index (χ0v) is 20.0. The quantitative estimate of drug-likeness (QED) is 0.237. The summed E-state index contributed by atoms with van der Waals surface area (Å²) in [6.45, 7) is 1.22. The van der Waals surface area contributed by atoms with Crippen LogP contribution in [-0.4, -0.2) is 42.0 Å². The number of amides is 3. The second-order valence-corrected chi connectivity index (χ2v) is 8.76. The van der Waals surface area contributed by atoms with Gasteiger partial charge in [-0.2, -0.15) is 0 Å². The number of ether oxygens (including phenoxy) is 1. The highest BCUT2D eigenvalue weighted by molar-refractivity contribution is 7.09. The summed E-state index contributed by atoms with van der Waals surface area (Å²) in [6.07, 6.45) is 3.57. The van der Waals surface area contributed by atoms with Crippen LogP contribution in [-0.2, 0) is 16.1 Å². The number of nitrogens with two attached hydrogens (primary N) is 3. The molecule has 8 N–H and O–H groups in total. The first-order valence-corrected chi connectivity index (χ1v) is 12.2. The molecular weight excluding hydrogens is 456 g/mol. The van der Waals surface area contributed by atoms with Crippen molar-refractivity contribution in [3.05, 3.63) is 52.0 Å². The molecule has 10 nitrogen and oxygen atoms in total. The van der Waals surface area contributed by atoms with E-state index in [2.05, 4.69) is 15.6 Å². The number of aromatic nitrogens is 1. The SMILES string of the molecule is NCCCCC(NC(=O)c1csc(C(N)CCCCNC(=O)OCc2ccccc2)n1)C(N)=O. The van der Waals surface area contributed by atoms with Crippen LogP contribution in [0.2, 0.25) is 0 Å². The molecule has 11 heteroatoms. The Labute approximate surface area is 203 Å². The molecule has 1 aromatic heterocycles. The number of thiazole rings is 1. The van der Waals surface area contributed by atoms with E-state index in [9.17, 15) is 14.4 Å². The summed E-state index contributed by atoms with van der Waals surface area (Å²) in [5, 5.41) is 7.61. The Kier molecular flexibility index (Phi) is 12.0. The highest BCUT2D eigenvalue weighted by Gasteiger charge is 2.21. The first-order chi connectivity index (χ1) is 16.4. The van der Waals surface area contributed by atoms with Crippen molar-refractivity contribution in [2.24, 2.45) is 17.2 Å². The molecule has 1 heterocycles. The van der Waals surface area contributed by atoms with E-state index >= 15 is 0 Å². The van der Waals surface area contributed by atoms with Crippen LogP contribution >= 0.6 is 11.3 Å². The first kappa shape index (κ1) is 27.2. The normalized spacial score (nSPS) is 12.5. The van der Waals surface area contributed by atoms with E-state index in [1.165, 1.54) is 11.3 Å². The molecule has 2 rings (SSSR count). The van der Waals surface area contributed by atoms with Crippen LogP contribution in [0.15, 0.2) is 35.7 Å². The number of unbranched alkanes of at least 4 members (excludes halogenated alkanes) is 2. The van der Waals surface area contributed by atoms with Gasteiger partial charge in [-0.25, -0.2) is 9.78 Å². The molecule has 1 aromatic carbocycles. The molecular formula is C23H34N6O4S. The van der Waals surface area contributed by atoms with Crippen LogP contribution in [0.25, 0.3) is 0 Å². The fraction of sp³-hybridized carbons (Fsp3) is 0.478.